The molecule has 1 N–H and O–H groups in total. The van der Waals surface area contributed by atoms with Gasteiger partial charge in [-0.1, -0.05) is 17.7 Å². The molecule has 0 aromatic heterocycles. The lowest BCUT2D eigenvalue weighted by molar-refractivity contribution is -0.120. The van der Waals surface area contributed by atoms with E-state index < -0.39 is 11.7 Å². The van der Waals surface area contributed by atoms with Gasteiger partial charge in [-0.3, -0.25) is 9.59 Å². The van der Waals surface area contributed by atoms with E-state index in [0.717, 1.165) is 0 Å². The summed E-state index contributed by atoms with van der Waals surface area (Å²) in [5.41, 5.74) is 0.777. The molecule has 0 saturated carbocycles. The Morgan fingerprint density at radius 3 is 2.58 bits per heavy atom. The first-order valence-electron chi connectivity index (χ1n) is 7.07. The molecule has 2 aromatic rings. The molecule has 0 aliphatic heterocycles. The van der Waals surface area contributed by atoms with Crippen LogP contribution in [0.15, 0.2) is 42.5 Å². The van der Waals surface area contributed by atoms with Crippen molar-refractivity contribution in [2.75, 3.05) is 23.9 Å². The predicted octanol–water partition coefficient (Wildman–Crippen LogP) is 3.48. The van der Waals surface area contributed by atoms with Gasteiger partial charge in [-0.2, -0.15) is 0 Å². The van der Waals surface area contributed by atoms with Crippen molar-refractivity contribution in [3.63, 3.8) is 0 Å². The highest BCUT2D eigenvalue weighted by molar-refractivity contribution is 6.32. The van der Waals surface area contributed by atoms with Gasteiger partial charge in [0.2, 0.25) is 11.8 Å². The van der Waals surface area contributed by atoms with Crippen LogP contribution in [0, 0.1) is 5.82 Å². The second-order valence-electron chi connectivity index (χ2n) is 4.98. The zero-order valence-electron chi connectivity index (χ0n) is 13.2. The van der Waals surface area contributed by atoms with Crippen LogP contribution in [-0.4, -0.2) is 25.5 Å². The number of amides is 2. The summed E-state index contributed by atoms with van der Waals surface area (Å²) in [6.07, 6.45) is 0. The van der Waals surface area contributed by atoms with Gasteiger partial charge in [0.1, 0.15) is 18.1 Å². The van der Waals surface area contributed by atoms with Gasteiger partial charge in [-0.15, -0.1) is 0 Å². The van der Waals surface area contributed by atoms with Crippen molar-refractivity contribution in [2.45, 2.75) is 6.92 Å². The average Bonchev–Trinajstić information content (AvgIpc) is 2.52. The summed E-state index contributed by atoms with van der Waals surface area (Å²) in [5.74, 6) is -0.778. The second-order valence-corrected chi connectivity index (χ2v) is 5.39. The highest BCUT2D eigenvalue weighted by Crippen LogP contribution is 2.29. The van der Waals surface area contributed by atoms with Crippen molar-refractivity contribution in [1.29, 1.82) is 0 Å². The summed E-state index contributed by atoms with van der Waals surface area (Å²) in [5, 5.41) is 2.87. The molecule has 126 valence electrons. The first-order valence-corrected chi connectivity index (χ1v) is 7.45. The maximum atomic E-state index is 13.1. The molecule has 2 amide bonds. The fourth-order valence-electron chi connectivity index (χ4n) is 2.12. The number of halogens is 2. The summed E-state index contributed by atoms with van der Waals surface area (Å²) < 4.78 is 18.2. The van der Waals surface area contributed by atoms with E-state index in [0.29, 0.717) is 22.1 Å². The summed E-state index contributed by atoms with van der Waals surface area (Å²) in [4.78, 5) is 25.3. The summed E-state index contributed by atoms with van der Waals surface area (Å²) in [7, 11) is 1.48. The van der Waals surface area contributed by atoms with E-state index >= 15 is 0 Å². The number of benzene rings is 2. The summed E-state index contributed by atoms with van der Waals surface area (Å²) >= 11 is 6.06. The normalized spacial score (nSPS) is 10.2. The number of anilines is 2. The van der Waals surface area contributed by atoms with Gasteiger partial charge in [0, 0.05) is 18.3 Å². The number of nitrogens with one attached hydrogen (secondary N) is 1. The molecule has 7 heteroatoms. The molecule has 0 aliphatic carbocycles. The number of carbonyl (C=O) groups is 2. The molecule has 0 atom stereocenters. The highest BCUT2D eigenvalue weighted by atomic mass is 35.5. The van der Waals surface area contributed by atoms with Gasteiger partial charge in [0.25, 0.3) is 0 Å². The Bertz CT molecular complexity index is 767. The minimum atomic E-state index is -0.460. The lowest BCUT2D eigenvalue weighted by atomic mass is 10.2. The quantitative estimate of drug-likeness (QED) is 0.898. The van der Waals surface area contributed by atoms with Crippen LogP contribution in [-0.2, 0) is 9.59 Å². The fraction of sp³-hybridized carbons (Fsp3) is 0.176. The van der Waals surface area contributed by atoms with Gasteiger partial charge in [0.05, 0.1) is 12.1 Å². The molecule has 0 radical (unpaired) electrons. The summed E-state index contributed by atoms with van der Waals surface area (Å²) in [6.45, 7) is 1.11. The minimum absolute atomic E-state index is 0.228. The van der Waals surface area contributed by atoms with E-state index in [1.54, 1.807) is 18.2 Å². The van der Waals surface area contributed by atoms with Crippen molar-refractivity contribution < 1.29 is 18.7 Å². The number of carbonyl (C=O) groups excluding carboxylic acids is 2. The molecule has 0 bridgehead atoms. The Labute approximate surface area is 144 Å². The number of nitrogens with zero attached hydrogens (tertiary/aromatic N) is 1. The topological polar surface area (TPSA) is 58.6 Å². The Balaban J connectivity index is 2.15. The van der Waals surface area contributed by atoms with E-state index in [1.165, 1.54) is 43.2 Å². The maximum absolute atomic E-state index is 13.1. The molecule has 0 unspecified atom stereocenters. The number of hydrogen-bond donors (Lipinski definition) is 1. The standard InChI is InChI=1S/C17H16ClFN2O3/c1-11(22)21(14-6-7-16(24-2)15(18)9-14)10-17(23)20-13-5-3-4-12(19)8-13/h3-9H,10H2,1-2H3,(H,20,23). The number of hydrogen-bond acceptors (Lipinski definition) is 3. The third kappa shape index (κ3) is 4.45. The number of rotatable bonds is 5. The monoisotopic (exact) mass is 350 g/mol. The molecular formula is C17H16ClFN2O3. The lowest BCUT2D eigenvalue weighted by Crippen LogP contribution is -2.36. The zero-order chi connectivity index (χ0) is 17.7. The van der Waals surface area contributed by atoms with Crippen LogP contribution in [0.4, 0.5) is 15.8 Å². The second kappa shape index (κ2) is 7.79. The van der Waals surface area contributed by atoms with E-state index in [-0.39, 0.29) is 12.5 Å². The average molecular weight is 351 g/mol. The van der Waals surface area contributed by atoms with Crippen LogP contribution < -0.4 is 15.0 Å². The van der Waals surface area contributed by atoms with Crippen LogP contribution in [0.5, 0.6) is 5.75 Å². The van der Waals surface area contributed by atoms with Crippen LogP contribution in [0.25, 0.3) is 0 Å². The van der Waals surface area contributed by atoms with Crippen LogP contribution in [0.1, 0.15) is 6.92 Å². The van der Waals surface area contributed by atoms with E-state index in [2.05, 4.69) is 5.32 Å². The minimum Gasteiger partial charge on any atom is -0.495 e. The van der Waals surface area contributed by atoms with Crippen molar-refractivity contribution in [3.05, 3.63) is 53.3 Å². The predicted molar refractivity (Wildman–Crippen MR) is 91.1 cm³/mol. The number of ether oxygens (including phenoxy) is 1. The van der Waals surface area contributed by atoms with Gasteiger partial charge in [0.15, 0.2) is 0 Å². The molecule has 0 saturated heterocycles. The highest BCUT2D eigenvalue weighted by Gasteiger charge is 2.17. The molecule has 0 heterocycles. The Kier molecular flexibility index (Phi) is 5.76. The SMILES string of the molecule is COc1ccc(N(CC(=O)Nc2cccc(F)c2)C(C)=O)cc1Cl. The molecule has 2 rings (SSSR count). The maximum Gasteiger partial charge on any atom is 0.244 e. The smallest absolute Gasteiger partial charge is 0.244 e. The van der Waals surface area contributed by atoms with Gasteiger partial charge in [-0.05, 0) is 36.4 Å². The zero-order valence-corrected chi connectivity index (χ0v) is 13.9. The van der Waals surface area contributed by atoms with Crippen molar-refractivity contribution in [2.24, 2.45) is 0 Å². The van der Waals surface area contributed by atoms with Crippen molar-refractivity contribution in [3.8, 4) is 5.75 Å². The molecule has 2 aromatic carbocycles. The Hall–Kier alpha value is -2.60. The van der Waals surface area contributed by atoms with Crippen LogP contribution in [0.3, 0.4) is 0 Å². The van der Waals surface area contributed by atoms with Gasteiger partial charge < -0.3 is 15.0 Å². The Morgan fingerprint density at radius 1 is 1.25 bits per heavy atom. The van der Waals surface area contributed by atoms with Crippen molar-refractivity contribution >= 4 is 34.8 Å². The van der Waals surface area contributed by atoms with Gasteiger partial charge in [-0.25, -0.2) is 4.39 Å². The van der Waals surface area contributed by atoms with E-state index in [9.17, 15) is 14.0 Å². The van der Waals surface area contributed by atoms with Gasteiger partial charge >= 0.3 is 0 Å². The molecule has 0 aliphatic rings. The molecule has 0 spiro atoms. The lowest BCUT2D eigenvalue weighted by Gasteiger charge is -2.21. The van der Waals surface area contributed by atoms with E-state index in [4.69, 9.17) is 16.3 Å². The first kappa shape index (κ1) is 17.7. The molecular weight excluding hydrogens is 335 g/mol. The third-order valence-electron chi connectivity index (χ3n) is 3.24. The van der Waals surface area contributed by atoms with Crippen LogP contribution in [0.2, 0.25) is 5.02 Å². The first-order chi connectivity index (χ1) is 11.4. The van der Waals surface area contributed by atoms with E-state index in [1.807, 2.05) is 0 Å². The molecule has 0 fully saturated rings. The Morgan fingerprint density at radius 2 is 2.00 bits per heavy atom. The largest absolute Gasteiger partial charge is 0.495 e. The van der Waals surface area contributed by atoms with Crippen LogP contribution >= 0.6 is 11.6 Å². The summed E-state index contributed by atoms with van der Waals surface area (Å²) in [6, 6.07) is 10.3. The molecule has 5 nitrogen and oxygen atoms in total. The third-order valence-corrected chi connectivity index (χ3v) is 3.53. The molecule has 24 heavy (non-hydrogen) atoms. The van der Waals surface area contributed by atoms with Crippen molar-refractivity contribution in [1.82, 2.24) is 0 Å². The fourth-order valence-corrected chi connectivity index (χ4v) is 2.37. The number of methoxy groups -OCH3 is 1.